The van der Waals surface area contributed by atoms with Gasteiger partial charge >= 0.3 is 5.97 Å². The Kier molecular flexibility index (Phi) is 1.39. The van der Waals surface area contributed by atoms with Crippen LogP contribution in [-0.2, 0) is 0 Å². The molecular formula is C7H3F2NO3. The molecular weight excluding hydrogens is 184 g/mol. The minimum atomic E-state index is -1.45. The van der Waals surface area contributed by atoms with Crippen LogP contribution in [0.3, 0.4) is 0 Å². The number of aromatic carboxylic acids is 1. The van der Waals surface area contributed by atoms with Crippen LogP contribution in [0, 0.1) is 11.8 Å². The summed E-state index contributed by atoms with van der Waals surface area (Å²) in [6.07, 6.45) is 0. The van der Waals surface area contributed by atoms with E-state index in [9.17, 15) is 13.6 Å². The van der Waals surface area contributed by atoms with Crippen molar-refractivity contribution >= 4 is 17.1 Å². The molecule has 2 N–H and O–H groups in total. The number of rotatable bonds is 1. The zero-order chi connectivity index (χ0) is 9.59. The number of furan rings is 1. The van der Waals surface area contributed by atoms with Crippen molar-refractivity contribution in [2.45, 2.75) is 0 Å². The largest absolute Gasteiger partial charge is 0.476 e. The average molecular weight is 187 g/mol. The fourth-order valence-corrected chi connectivity index (χ4v) is 1.07. The lowest BCUT2D eigenvalue weighted by Gasteiger charge is -1.86. The van der Waals surface area contributed by atoms with Gasteiger partial charge in [-0.1, -0.05) is 0 Å². The molecule has 13 heavy (non-hydrogen) atoms. The molecule has 0 radical (unpaired) electrons. The molecule has 68 valence electrons. The third kappa shape index (κ3) is 0.986. The molecule has 0 atom stereocenters. The third-order valence-electron chi connectivity index (χ3n) is 1.59. The minimum absolute atomic E-state index is 0.00704. The van der Waals surface area contributed by atoms with Crippen LogP contribution in [0.4, 0.5) is 8.78 Å². The smallest absolute Gasteiger partial charge is 0.355 e. The van der Waals surface area contributed by atoms with Gasteiger partial charge in [-0.2, -0.15) is 4.39 Å². The number of fused-ring (bicyclic) bond motifs is 1. The van der Waals surface area contributed by atoms with E-state index in [1.165, 1.54) is 0 Å². The van der Waals surface area contributed by atoms with E-state index in [1.807, 2.05) is 0 Å². The predicted molar refractivity (Wildman–Crippen MR) is 37.4 cm³/mol. The molecule has 0 aliphatic carbocycles. The Morgan fingerprint density at radius 1 is 1.54 bits per heavy atom. The average Bonchev–Trinajstić information content (AvgIpc) is 2.51. The number of H-pyrrole nitrogens is 1. The Morgan fingerprint density at radius 3 is 2.77 bits per heavy atom. The molecule has 2 aromatic rings. The van der Waals surface area contributed by atoms with Crippen molar-refractivity contribution in [1.82, 2.24) is 4.98 Å². The number of aromatic nitrogens is 1. The molecule has 0 unspecified atom stereocenters. The van der Waals surface area contributed by atoms with Crippen molar-refractivity contribution in [1.29, 1.82) is 0 Å². The molecule has 0 spiro atoms. The van der Waals surface area contributed by atoms with E-state index >= 15 is 0 Å². The van der Waals surface area contributed by atoms with Crippen molar-refractivity contribution in [2.24, 2.45) is 0 Å². The Morgan fingerprint density at radius 2 is 2.23 bits per heavy atom. The number of aromatic amines is 1. The van der Waals surface area contributed by atoms with Gasteiger partial charge in [0.15, 0.2) is 17.1 Å². The van der Waals surface area contributed by atoms with Crippen LogP contribution >= 0.6 is 0 Å². The second-order valence-electron chi connectivity index (χ2n) is 2.41. The summed E-state index contributed by atoms with van der Waals surface area (Å²) < 4.78 is 29.7. The van der Waals surface area contributed by atoms with E-state index in [1.54, 1.807) is 0 Å². The molecule has 6 heteroatoms. The maximum atomic E-state index is 13.0. The molecule has 0 aliphatic rings. The predicted octanol–water partition coefficient (Wildman–Crippen LogP) is 1.74. The first-order valence-electron chi connectivity index (χ1n) is 3.29. The van der Waals surface area contributed by atoms with Crippen LogP contribution in [0.1, 0.15) is 10.5 Å². The van der Waals surface area contributed by atoms with E-state index in [-0.39, 0.29) is 5.52 Å². The number of carboxylic acids is 1. The zero-order valence-electron chi connectivity index (χ0n) is 6.10. The van der Waals surface area contributed by atoms with Gasteiger partial charge in [-0.25, -0.2) is 9.18 Å². The Bertz CT molecular complexity index is 485. The lowest BCUT2D eigenvalue weighted by atomic mass is 10.4. The van der Waals surface area contributed by atoms with E-state index in [2.05, 4.69) is 9.40 Å². The Labute approximate surface area is 69.8 Å². The highest BCUT2D eigenvalue weighted by atomic mass is 19.1. The van der Waals surface area contributed by atoms with Crippen LogP contribution in [0.2, 0.25) is 0 Å². The van der Waals surface area contributed by atoms with Crippen LogP contribution in [0.15, 0.2) is 10.5 Å². The summed E-state index contributed by atoms with van der Waals surface area (Å²) in [5.74, 6) is -2.55. The second-order valence-corrected chi connectivity index (χ2v) is 2.41. The highest BCUT2D eigenvalue weighted by Crippen LogP contribution is 2.23. The van der Waals surface area contributed by atoms with Crippen LogP contribution in [0.5, 0.6) is 0 Å². The van der Waals surface area contributed by atoms with E-state index in [0.717, 1.165) is 6.07 Å². The second kappa shape index (κ2) is 2.32. The standard InChI is InChI=1S/C7H3F2NO3/c8-3-1-2-6(13-3)4(9)5(10-2)7(11)12/h1,10H,(H,11,12). The summed E-state index contributed by atoms with van der Waals surface area (Å²) in [5, 5.41) is 8.45. The summed E-state index contributed by atoms with van der Waals surface area (Å²) in [6, 6.07) is -0.0812. The van der Waals surface area contributed by atoms with Crippen LogP contribution in [0.25, 0.3) is 11.1 Å². The van der Waals surface area contributed by atoms with Crippen molar-refractivity contribution in [3.8, 4) is 0 Å². The van der Waals surface area contributed by atoms with Gasteiger partial charge in [0, 0.05) is 6.07 Å². The summed E-state index contributed by atoms with van der Waals surface area (Å²) >= 11 is 0. The van der Waals surface area contributed by atoms with Gasteiger partial charge in [-0.15, -0.1) is 0 Å². The fraction of sp³-hybridized carbons (Fsp3) is 0. The summed E-state index contributed by atoms with van der Waals surface area (Å²) in [4.78, 5) is 12.5. The quantitative estimate of drug-likeness (QED) is 0.714. The normalized spacial score (nSPS) is 10.9. The first-order chi connectivity index (χ1) is 6.09. The number of nitrogens with one attached hydrogen (secondary N) is 1. The molecule has 2 aromatic heterocycles. The zero-order valence-corrected chi connectivity index (χ0v) is 6.10. The Balaban J connectivity index is 2.76. The number of carboxylic acid groups (broad SMARTS) is 1. The van der Waals surface area contributed by atoms with Gasteiger partial charge < -0.3 is 14.5 Å². The first-order valence-corrected chi connectivity index (χ1v) is 3.29. The number of hydrogen-bond acceptors (Lipinski definition) is 2. The molecule has 0 bridgehead atoms. The van der Waals surface area contributed by atoms with Crippen LogP contribution in [-0.4, -0.2) is 16.1 Å². The van der Waals surface area contributed by atoms with Gasteiger partial charge in [-0.3, -0.25) is 0 Å². The van der Waals surface area contributed by atoms with Gasteiger partial charge in [0.25, 0.3) is 6.01 Å². The van der Waals surface area contributed by atoms with Gasteiger partial charge in [0.1, 0.15) is 0 Å². The lowest BCUT2D eigenvalue weighted by molar-refractivity contribution is 0.0686. The first kappa shape index (κ1) is 7.78. The highest BCUT2D eigenvalue weighted by molar-refractivity contribution is 5.92. The summed E-state index contributed by atoms with van der Waals surface area (Å²) in [6.45, 7) is 0. The Hall–Kier alpha value is -1.85. The van der Waals surface area contributed by atoms with Gasteiger partial charge in [0.2, 0.25) is 0 Å². The van der Waals surface area contributed by atoms with Crippen LogP contribution < -0.4 is 0 Å². The minimum Gasteiger partial charge on any atom is -0.476 e. The maximum absolute atomic E-state index is 13.0. The molecule has 0 fully saturated rings. The molecule has 4 nitrogen and oxygen atoms in total. The SMILES string of the molecule is O=C(O)c1[nH]c2cc(F)oc2c1F. The molecule has 2 heterocycles. The van der Waals surface area contributed by atoms with Gasteiger partial charge in [0.05, 0.1) is 5.52 Å². The maximum Gasteiger partial charge on any atom is 0.355 e. The van der Waals surface area contributed by atoms with Crippen molar-refractivity contribution in [3.63, 3.8) is 0 Å². The molecule has 0 saturated carbocycles. The van der Waals surface area contributed by atoms with E-state index in [0.29, 0.717) is 0 Å². The third-order valence-corrected chi connectivity index (χ3v) is 1.59. The summed E-state index contributed by atoms with van der Waals surface area (Å²) in [5.41, 5.74) is -1.05. The highest BCUT2D eigenvalue weighted by Gasteiger charge is 2.20. The fourth-order valence-electron chi connectivity index (χ4n) is 1.07. The van der Waals surface area contributed by atoms with Crippen molar-refractivity contribution in [2.75, 3.05) is 0 Å². The topological polar surface area (TPSA) is 66.2 Å². The number of carbonyl (C=O) groups is 1. The summed E-state index contributed by atoms with van der Waals surface area (Å²) in [7, 11) is 0. The lowest BCUT2D eigenvalue weighted by Crippen LogP contribution is -1.98. The molecule has 0 aliphatic heterocycles. The van der Waals surface area contributed by atoms with E-state index < -0.39 is 29.1 Å². The van der Waals surface area contributed by atoms with Crippen molar-refractivity contribution in [3.05, 3.63) is 23.6 Å². The van der Waals surface area contributed by atoms with E-state index in [4.69, 9.17) is 5.11 Å². The molecule has 0 aromatic carbocycles. The van der Waals surface area contributed by atoms with Gasteiger partial charge in [-0.05, 0) is 0 Å². The monoisotopic (exact) mass is 187 g/mol. The number of halogens is 2. The molecule has 0 amide bonds. The molecule has 2 rings (SSSR count). The number of hydrogen-bond donors (Lipinski definition) is 2. The van der Waals surface area contributed by atoms with Crippen molar-refractivity contribution < 1.29 is 23.1 Å². The molecule has 0 saturated heterocycles.